The molecule has 2 rings (SSSR count). The third-order valence-electron chi connectivity index (χ3n) is 1.97. The minimum absolute atomic E-state index is 0.667. The molecule has 0 atom stereocenters. The molecule has 4 nitrogen and oxygen atoms in total. The predicted octanol–water partition coefficient (Wildman–Crippen LogP) is 1.65. The van der Waals surface area contributed by atoms with Gasteiger partial charge < -0.3 is 9.47 Å². The Morgan fingerprint density at radius 1 is 0.857 bits per heavy atom. The van der Waals surface area contributed by atoms with E-state index in [-0.39, 0.29) is 0 Å². The number of rotatable bonds is 2. The molecule has 4 heteroatoms. The van der Waals surface area contributed by atoms with Crippen LogP contribution in [0.25, 0.3) is 11.0 Å². The van der Waals surface area contributed by atoms with Gasteiger partial charge in [0.2, 0.25) is 0 Å². The van der Waals surface area contributed by atoms with Gasteiger partial charge in [-0.05, 0) is 0 Å². The molecule has 14 heavy (non-hydrogen) atoms. The summed E-state index contributed by atoms with van der Waals surface area (Å²) in [5, 5.41) is 0. The van der Waals surface area contributed by atoms with Gasteiger partial charge in [-0.2, -0.15) is 0 Å². The number of aromatic nitrogens is 2. The molecule has 0 radical (unpaired) electrons. The summed E-state index contributed by atoms with van der Waals surface area (Å²) < 4.78 is 10.3. The highest BCUT2D eigenvalue weighted by Crippen LogP contribution is 2.29. The maximum absolute atomic E-state index is 5.15. The standard InChI is InChI=1S/C10H10N2O2/c1-13-9-5-7-8(6-10(9)14-2)12-4-3-11-7/h3-6H,1-2H3. The van der Waals surface area contributed by atoms with Gasteiger partial charge >= 0.3 is 0 Å². The average Bonchev–Trinajstić information content (AvgIpc) is 2.27. The second kappa shape index (κ2) is 3.49. The minimum atomic E-state index is 0.667. The zero-order valence-corrected chi connectivity index (χ0v) is 8.02. The first kappa shape index (κ1) is 8.74. The molecule has 1 aromatic carbocycles. The molecular formula is C10H10N2O2. The zero-order chi connectivity index (χ0) is 9.97. The highest BCUT2D eigenvalue weighted by Gasteiger charge is 2.06. The molecule has 2 aromatic rings. The molecule has 0 unspecified atom stereocenters. The van der Waals surface area contributed by atoms with Gasteiger partial charge in [-0.25, -0.2) is 0 Å². The zero-order valence-electron chi connectivity index (χ0n) is 8.02. The molecular weight excluding hydrogens is 180 g/mol. The Hall–Kier alpha value is -1.84. The number of hydrogen-bond donors (Lipinski definition) is 0. The summed E-state index contributed by atoms with van der Waals surface area (Å²) in [5.41, 5.74) is 1.59. The largest absolute Gasteiger partial charge is 0.493 e. The van der Waals surface area contributed by atoms with Crippen LogP contribution in [0, 0.1) is 0 Å². The topological polar surface area (TPSA) is 44.2 Å². The van der Waals surface area contributed by atoms with Crippen LogP contribution in [0.4, 0.5) is 0 Å². The van der Waals surface area contributed by atoms with E-state index in [2.05, 4.69) is 9.97 Å². The van der Waals surface area contributed by atoms with Gasteiger partial charge in [-0.1, -0.05) is 0 Å². The number of benzene rings is 1. The smallest absolute Gasteiger partial charge is 0.163 e. The van der Waals surface area contributed by atoms with Crippen molar-refractivity contribution in [3.8, 4) is 11.5 Å². The van der Waals surface area contributed by atoms with E-state index in [9.17, 15) is 0 Å². The van der Waals surface area contributed by atoms with Crippen molar-refractivity contribution in [2.45, 2.75) is 0 Å². The maximum Gasteiger partial charge on any atom is 0.163 e. The van der Waals surface area contributed by atoms with E-state index in [0.29, 0.717) is 11.5 Å². The summed E-state index contributed by atoms with van der Waals surface area (Å²) in [5.74, 6) is 1.33. The lowest BCUT2D eigenvalue weighted by molar-refractivity contribution is 0.355. The molecule has 0 aliphatic heterocycles. The summed E-state index contributed by atoms with van der Waals surface area (Å²) in [6.07, 6.45) is 3.29. The minimum Gasteiger partial charge on any atom is -0.493 e. The van der Waals surface area contributed by atoms with Gasteiger partial charge in [0.1, 0.15) is 0 Å². The van der Waals surface area contributed by atoms with Gasteiger partial charge in [0.15, 0.2) is 11.5 Å². The summed E-state index contributed by atoms with van der Waals surface area (Å²) in [4.78, 5) is 8.33. The first-order chi connectivity index (χ1) is 6.85. The van der Waals surface area contributed by atoms with Crippen molar-refractivity contribution in [3.63, 3.8) is 0 Å². The van der Waals surface area contributed by atoms with E-state index in [1.165, 1.54) is 0 Å². The molecule has 0 amide bonds. The first-order valence-corrected chi connectivity index (χ1v) is 4.18. The highest BCUT2D eigenvalue weighted by atomic mass is 16.5. The van der Waals surface area contributed by atoms with E-state index in [4.69, 9.17) is 9.47 Å². The van der Waals surface area contributed by atoms with Crippen LogP contribution in [0.3, 0.4) is 0 Å². The number of ether oxygens (including phenoxy) is 2. The number of fused-ring (bicyclic) bond motifs is 1. The summed E-state index contributed by atoms with van der Waals surface area (Å²) in [6.45, 7) is 0. The fraction of sp³-hybridized carbons (Fsp3) is 0.200. The Morgan fingerprint density at radius 2 is 1.29 bits per heavy atom. The van der Waals surface area contributed by atoms with E-state index in [0.717, 1.165) is 11.0 Å². The number of hydrogen-bond acceptors (Lipinski definition) is 4. The van der Waals surface area contributed by atoms with Gasteiger partial charge in [0.25, 0.3) is 0 Å². The van der Waals surface area contributed by atoms with Gasteiger partial charge in [0, 0.05) is 24.5 Å². The van der Waals surface area contributed by atoms with E-state index >= 15 is 0 Å². The Kier molecular flexibility index (Phi) is 2.18. The Balaban J connectivity index is 2.69. The van der Waals surface area contributed by atoms with Crippen molar-refractivity contribution in [2.24, 2.45) is 0 Å². The lowest BCUT2D eigenvalue weighted by Gasteiger charge is -2.07. The van der Waals surface area contributed by atoms with Gasteiger partial charge in [-0.3, -0.25) is 9.97 Å². The van der Waals surface area contributed by atoms with Crippen LogP contribution in [-0.2, 0) is 0 Å². The highest BCUT2D eigenvalue weighted by molar-refractivity contribution is 5.78. The molecule has 0 aliphatic carbocycles. The fourth-order valence-electron chi connectivity index (χ4n) is 1.29. The molecule has 72 valence electrons. The molecule has 0 bridgehead atoms. The molecule has 1 heterocycles. The maximum atomic E-state index is 5.15. The van der Waals surface area contributed by atoms with Crippen LogP contribution in [0.15, 0.2) is 24.5 Å². The third kappa shape index (κ3) is 1.35. The Morgan fingerprint density at radius 3 is 1.64 bits per heavy atom. The fourth-order valence-corrected chi connectivity index (χ4v) is 1.29. The van der Waals surface area contributed by atoms with Gasteiger partial charge in [0.05, 0.1) is 25.3 Å². The second-order valence-corrected chi connectivity index (χ2v) is 2.75. The van der Waals surface area contributed by atoms with Crippen LogP contribution in [-0.4, -0.2) is 24.2 Å². The normalized spacial score (nSPS) is 10.1. The molecule has 0 aliphatic rings. The van der Waals surface area contributed by atoms with Crippen LogP contribution < -0.4 is 9.47 Å². The quantitative estimate of drug-likeness (QED) is 0.722. The summed E-state index contributed by atoms with van der Waals surface area (Å²) in [7, 11) is 3.19. The van der Waals surface area contributed by atoms with E-state index in [1.807, 2.05) is 0 Å². The van der Waals surface area contributed by atoms with Crippen LogP contribution in [0.5, 0.6) is 11.5 Å². The SMILES string of the molecule is COc1cc2nccnc2cc1OC. The lowest BCUT2D eigenvalue weighted by Crippen LogP contribution is -1.92. The average molecular weight is 190 g/mol. The van der Waals surface area contributed by atoms with Crippen LogP contribution >= 0.6 is 0 Å². The Bertz CT molecular complexity index is 414. The second-order valence-electron chi connectivity index (χ2n) is 2.75. The van der Waals surface area contributed by atoms with Crippen LogP contribution in [0.2, 0.25) is 0 Å². The summed E-state index contributed by atoms with van der Waals surface area (Å²) >= 11 is 0. The molecule has 0 N–H and O–H groups in total. The molecule has 1 aromatic heterocycles. The predicted molar refractivity (Wildman–Crippen MR) is 52.6 cm³/mol. The molecule has 0 spiro atoms. The first-order valence-electron chi connectivity index (χ1n) is 4.18. The van der Waals surface area contributed by atoms with Crippen molar-refractivity contribution in [3.05, 3.63) is 24.5 Å². The Labute approximate surface area is 81.5 Å². The van der Waals surface area contributed by atoms with Gasteiger partial charge in [-0.15, -0.1) is 0 Å². The third-order valence-corrected chi connectivity index (χ3v) is 1.97. The molecule has 0 saturated heterocycles. The summed E-state index contributed by atoms with van der Waals surface area (Å²) in [6, 6.07) is 3.61. The van der Waals surface area contributed by atoms with Crippen molar-refractivity contribution in [2.75, 3.05) is 14.2 Å². The lowest BCUT2D eigenvalue weighted by atomic mass is 10.2. The molecule has 0 saturated carbocycles. The van der Waals surface area contributed by atoms with E-state index < -0.39 is 0 Å². The number of nitrogens with zero attached hydrogens (tertiary/aromatic N) is 2. The van der Waals surface area contributed by atoms with Crippen molar-refractivity contribution in [1.29, 1.82) is 0 Å². The van der Waals surface area contributed by atoms with Crippen LogP contribution in [0.1, 0.15) is 0 Å². The number of methoxy groups -OCH3 is 2. The monoisotopic (exact) mass is 190 g/mol. The van der Waals surface area contributed by atoms with E-state index in [1.54, 1.807) is 38.7 Å². The van der Waals surface area contributed by atoms with Crippen molar-refractivity contribution in [1.82, 2.24) is 9.97 Å². The van der Waals surface area contributed by atoms with Crippen molar-refractivity contribution >= 4 is 11.0 Å². The molecule has 0 fully saturated rings. The van der Waals surface area contributed by atoms with Crippen molar-refractivity contribution < 1.29 is 9.47 Å².